The average molecular weight is 286 g/mol. The average Bonchev–Trinajstić information content (AvgIpc) is 2.80. The molecule has 3 unspecified atom stereocenters. The second-order valence-corrected chi connectivity index (χ2v) is 7.56. The lowest BCUT2D eigenvalue weighted by molar-refractivity contribution is -0.124. The standard InChI is InChI=1S/C18H26N2O/c1-17(2)13-9-10-18(17,3)14(11-13)20-16(21)15(19)12-7-5-4-6-8-12/h4-8,13-15H,9-11,19H2,1-3H3,(H,20,21)/t13?,14?,15-,18?/m0/s1. The zero-order chi connectivity index (χ0) is 15.3. The fraction of sp³-hybridized carbons (Fsp3) is 0.611. The van der Waals surface area contributed by atoms with Gasteiger partial charge in [-0.2, -0.15) is 0 Å². The van der Waals surface area contributed by atoms with E-state index in [4.69, 9.17) is 5.73 Å². The molecule has 4 atom stereocenters. The van der Waals surface area contributed by atoms with Crippen LogP contribution >= 0.6 is 0 Å². The molecule has 0 radical (unpaired) electrons. The van der Waals surface area contributed by atoms with Crippen molar-refractivity contribution in [1.29, 1.82) is 0 Å². The first kappa shape index (κ1) is 14.6. The van der Waals surface area contributed by atoms with Gasteiger partial charge >= 0.3 is 0 Å². The molecule has 0 spiro atoms. The molecule has 0 heterocycles. The van der Waals surface area contributed by atoms with E-state index in [-0.39, 0.29) is 17.4 Å². The molecule has 0 aliphatic heterocycles. The second-order valence-electron chi connectivity index (χ2n) is 7.56. The van der Waals surface area contributed by atoms with Gasteiger partial charge in [-0.1, -0.05) is 51.1 Å². The van der Waals surface area contributed by atoms with Crippen LogP contribution in [0.15, 0.2) is 30.3 Å². The number of carbonyl (C=O) groups is 1. The lowest BCUT2D eigenvalue weighted by atomic mass is 9.69. The molecular weight excluding hydrogens is 260 g/mol. The highest BCUT2D eigenvalue weighted by Gasteiger charge is 2.61. The Morgan fingerprint density at radius 2 is 1.95 bits per heavy atom. The van der Waals surface area contributed by atoms with Crippen LogP contribution in [0, 0.1) is 16.7 Å². The van der Waals surface area contributed by atoms with E-state index >= 15 is 0 Å². The highest BCUT2D eigenvalue weighted by atomic mass is 16.2. The van der Waals surface area contributed by atoms with Gasteiger partial charge in [-0.3, -0.25) is 4.79 Å². The summed E-state index contributed by atoms with van der Waals surface area (Å²) in [5.41, 5.74) is 7.50. The molecule has 0 saturated heterocycles. The minimum Gasteiger partial charge on any atom is -0.351 e. The van der Waals surface area contributed by atoms with Gasteiger partial charge in [0.15, 0.2) is 0 Å². The second kappa shape index (κ2) is 4.84. The molecule has 21 heavy (non-hydrogen) atoms. The Morgan fingerprint density at radius 3 is 2.48 bits per heavy atom. The molecule has 114 valence electrons. The fourth-order valence-electron chi connectivity index (χ4n) is 4.50. The summed E-state index contributed by atoms with van der Waals surface area (Å²) in [6, 6.07) is 9.29. The number of amides is 1. The third-order valence-electron chi connectivity index (χ3n) is 6.55. The summed E-state index contributed by atoms with van der Waals surface area (Å²) in [5, 5.41) is 3.24. The van der Waals surface area contributed by atoms with Crippen molar-refractivity contribution in [2.75, 3.05) is 0 Å². The summed E-state index contributed by atoms with van der Waals surface area (Å²) in [7, 11) is 0. The Hall–Kier alpha value is -1.35. The zero-order valence-corrected chi connectivity index (χ0v) is 13.2. The van der Waals surface area contributed by atoms with Crippen molar-refractivity contribution in [2.45, 2.75) is 52.1 Å². The molecule has 3 heteroatoms. The van der Waals surface area contributed by atoms with Crippen LogP contribution < -0.4 is 11.1 Å². The summed E-state index contributed by atoms with van der Waals surface area (Å²) in [6.45, 7) is 7.04. The van der Waals surface area contributed by atoms with Crippen molar-refractivity contribution in [2.24, 2.45) is 22.5 Å². The van der Waals surface area contributed by atoms with Crippen molar-refractivity contribution in [1.82, 2.24) is 5.32 Å². The van der Waals surface area contributed by atoms with Crippen molar-refractivity contribution in [3.63, 3.8) is 0 Å². The van der Waals surface area contributed by atoms with E-state index in [1.165, 1.54) is 12.8 Å². The number of hydrogen-bond donors (Lipinski definition) is 2. The smallest absolute Gasteiger partial charge is 0.241 e. The van der Waals surface area contributed by atoms with Crippen LogP contribution in [0.4, 0.5) is 0 Å². The van der Waals surface area contributed by atoms with Crippen LogP contribution in [0.1, 0.15) is 51.6 Å². The number of fused-ring (bicyclic) bond motifs is 2. The molecule has 1 aromatic rings. The Balaban J connectivity index is 1.72. The Kier molecular flexibility index (Phi) is 3.36. The Labute approximate surface area is 127 Å². The van der Waals surface area contributed by atoms with Crippen molar-refractivity contribution in [3.8, 4) is 0 Å². The van der Waals surface area contributed by atoms with E-state index in [1.807, 2.05) is 30.3 Å². The molecule has 2 bridgehead atoms. The maximum atomic E-state index is 12.5. The molecule has 2 saturated carbocycles. The normalized spacial score (nSPS) is 34.7. The lowest BCUT2D eigenvalue weighted by Crippen LogP contribution is -2.49. The number of carbonyl (C=O) groups excluding carboxylic acids is 1. The number of rotatable bonds is 3. The van der Waals surface area contributed by atoms with Crippen LogP contribution in [0.5, 0.6) is 0 Å². The van der Waals surface area contributed by atoms with Crippen molar-refractivity contribution >= 4 is 5.91 Å². The van der Waals surface area contributed by atoms with Gasteiger partial charge in [0.2, 0.25) is 5.91 Å². The van der Waals surface area contributed by atoms with Crippen molar-refractivity contribution in [3.05, 3.63) is 35.9 Å². The van der Waals surface area contributed by atoms with Crippen molar-refractivity contribution < 1.29 is 4.79 Å². The summed E-state index contributed by atoms with van der Waals surface area (Å²) in [5.74, 6) is 0.677. The minimum absolute atomic E-state index is 0.0456. The van der Waals surface area contributed by atoms with Crippen LogP contribution in [0.2, 0.25) is 0 Å². The molecule has 3 rings (SSSR count). The molecule has 3 nitrogen and oxygen atoms in total. The topological polar surface area (TPSA) is 55.1 Å². The summed E-state index contributed by atoms with van der Waals surface area (Å²) in [6.07, 6.45) is 3.59. The minimum atomic E-state index is -0.572. The Morgan fingerprint density at radius 1 is 1.29 bits per heavy atom. The molecule has 0 aromatic heterocycles. The van der Waals surface area contributed by atoms with Gasteiger partial charge in [-0.15, -0.1) is 0 Å². The van der Waals surface area contributed by atoms with E-state index in [1.54, 1.807) is 0 Å². The van der Waals surface area contributed by atoms with Gasteiger partial charge in [0.1, 0.15) is 6.04 Å². The van der Waals surface area contributed by atoms with E-state index in [0.29, 0.717) is 5.41 Å². The predicted octanol–water partition coefficient (Wildman–Crippen LogP) is 3.02. The highest BCUT2D eigenvalue weighted by Crippen LogP contribution is 2.65. The van der Waals surface area contributed by atoms with Gasteiger partial charge in [0.05, 0.1) is 0 Å². The molecule has 1 amide bonds. The quantitative estimate of drug-likeness (QED) is 0.897. The first-order valence-electron chi connectivity index (χ1n) is 7.97. The first-order valence-corrected chi connectivity index (χ1v) is 7.97. The van der Waals surface area contributed by atoms with Gasteiger partial charge in [0, 0.05) is 6.04 Å². The number of hydrogen-bond acceptors (Lipinski definition) is 2. The number of nitrogens with one attached hydrogen (secondary N) is 1. The molecule has 3 N–H and O–H groups in total. The van der Waals surface area contributed by atoms with Gasteiger partial charge in [0.25, 0.3) is 0 Å². The molecule has 2 aliphatic carbocycles. The van der Waals surface area contributed by atoms with E-state index in [2.05, 4.69) is 26.1 Å². The maximum absolute atomic E-state index is 12.5. The van der Waals surface area contributed by atoms with E-state index in [9.17, 15) is 4.79 Å². The molecule has 2 aliphatic rings. The maximum Gasteiger partial charge on any atom is 0.241 e. The summed E-state index contributed by atoms with van der Waals surface area (Å²) >= 11 is 0. The highest BCUT2D eigenvalue weighted by molar-refractivity contribution is 5.83. The lowest BCUT2D eigenvalue weighted by Gasteiger charge is -2.39. The number of nitrogens with two attached hydrogens (primary N) is 1. The summed E-state index contributed by atoms with van der Waals surface area (Å²) < 4.78 is 0. The molecule has 1 aromatic carbocycles. The van der Waals surface area contributed by atoms with E-state index < -0.39 is 6.04 Å². The summed E-state index contributed by atoms with van der Waals surface area (Å²) in [4.78, 5) is 12.5. The van der Waals surface area contributed by atoms with Crippen LogP contribution in [0.3, 0.4) is 0 Å². The van der Waals surface area contributed by atoms with Gasteiger partial charge < -0.3 is 11.1 Å². The van der Waals surface area contributed by atoms with Crippen LogP contribution in [-0.4, -0.2) is 11.9 Å². The van der Waals surface area contributed by atoms with Crippen LogP contribution in [-0.2, 0) is 4.79 Å². The third kappa shape index (κ3) is 2.10. The van der Waals surface area contributed by atoms with Gasteiger partial charge in [-0.05, 0) is 41.6 Å². The van der Waals surface area contributed by atoms with Gasteiger partial charge in [-0.25, -0.2) is 0 Å². The SMILES string of the molecule is CC1(C)C2CCC1(C)C(NC(=O)[C@@H](N)c1ccccc1)C2. The largest absolute Gasteiger partial charge is 0.351 e. The first-order chi connectivity index (χ1) is 9.86. The van der Waals surface area contributed by atoms with E-state index in [0.717, 1.165) is 17.9 Å². The molecule has 2 fully saturated rings. The Bertz CT molecular complexity index is 539. The molecular formula is C18H26N2O. The zero-order valence-electron chi connectivity index (χ0n) is 13.2. The monoisotopic (exact) mass is 286 g/mol. The fourth-order valence-corrected chi connectivity index (χ4v) is 4.50. The third-order valence-corrected chi connectivity index (χ3v) is 6.55. The number of benzene rings is 1. The van der Waals surface area contributed by atoms with Crippen LogP contribution in [0.25, 0.3) is 0 Å². The predicted molar refractivity (Wildman–Crippen MR) is 84.5 cm³/mol.